The minimum Gasteiger partial charge on any atom is -0.381 e. The van der Waals surface area contributed by atoms with E-state index in [1.165, 1.54) is 6.26 Å². The first-order chi connectivity index (χ1) is 17.4. The van der Waals surface area contributed by atoms with Crippen LogP contribution in [0.5, 0.6) is 0 Å². The smallest absolute Gasteiger partial charge is 0.257 e. The van der Waals surface area contributed by atoms with Gasteiger partial charge in [0.25, 0.3) is 5.91 Å². The van der Waals surface area contributed by atoms with Gasteiger partial charge in [-0.1, -0.05) is 38.3 Å². The Morgan fingerprint density at radius 3 is 2.64 bits per heavy atom. The van der Waals surface area contributed by atoms with Gasteiger partial charge in [0.05, 0.1) is 16.8 Å². The van der Waals surface area contributed by atoms with Gasteiger partial charge in [0.15, 0.2) is 0 Å². The van der Waals surface area contributed by atoms with Crippen molar-refractivity contribution in [3.63, 3.8) is 0 Å². The number of hydrogen-bond acceptors (Lipinski definition) is 7. The van der Waals surface area contributed by atoms with Gasteiger partial charge in [-0.2, -0.15) is 0 Å². The molecule has 1 atom stereocenters. The predicted octanol–water partition coefficient (Wildman–Crippen LogP) is 3.51. The zero-order valence-corrected chi connectivity index (χ0v) is 20.8. The van der Waals surface area contributed by atoms with E-state index in [4.69, 9.17) is 9.26 Å². The fourth-order valence-corrected chi connectivity index (χ4v) is 5.71. The van der Waals surface area contributed by atoms with Crippen molar-refractivity contribution in [1.82, 2.24) is 15.5 Å². The lowest BCUT2D eigenvalue weighted by Crippen LogP contribution is -2.49. The third kappa shape index (κ3) is 4.50. The SMILES string of the molecule is CC(C)c1nocc1C(=O)N[C@H](C(=O)Nc1cc2c(cn1)C1(CCOCC1)C(=O)N2)C1CCCCC1. The molecule has 3 aliphatic rings. The Labute approximate surface area is 209 Å². The first-order valence-electron chi connectivity index (χ1n) is 12.8. The fourth-order valence-electron chi connectivity index (χ4n) is 5.71. The second kappa shape index (κ2) is 10.0. The highest BCUT2D eigenvalue weighted by Gasteiger charge is 2.48. The van der Waals surface area contributed by atoms with Gasteiger partial charge in [-0.25, -0.2) is 4.98 Å². The largest absolute Gasteiger partial charge is 0.381 e. The van der Waals surface area contributed by atoms with E-state index >= 15 is 0 Å². The van der Waals surface area contributed by atoms with E-state index in [1.54, 1.807) is 12.3 Å². The summed E-state index contributed by atoms with van der Waals surface area (Å²) in [5.74, 6) is -0.378. The fraction of sp³-hybridized carbons (Fsp3) is 0.577. The Kier molecular flexibility index (Phi) is 6.79. The van der Waals surface area contributed by atoms with Crippen LogP contribution in [0.15, 0.2) is 23.0 Å². The van der Waals surface area contributed by atoms with Crippen molar-refractivity contribution in [2.45, 2.75) is 76.2 Å². The summed E-state index contributed by atoms with van der Waals surface area (Å²) in [5.41, 5.74) is 1.80. The highest BCUT2D eigenvalue weighted by molar-refractivity contribution is 6.07. The van der Waals surface area contributed by atoms with Gasteiger partial charge in [-0.15, -0.1) is 0 Å². The molecule has 0 aromatic carbocycles. The first kappa shape index (κ1) is 24.4. The average Bonchev–Trinajstić information content (AvgIpc) is 3.47. The standard InChI is InChI=1S/C26H33N5O5/c1-15(2)21-17(14-36-31-21)23(32)30-22(16-6-4-3-5-7-16)24(33)29-20-12-19-18(13-27-20)26(25(34)28-19)8-10-35-11-9-26/h12-16,22H,3-11H2,1-2H3,(H,28,34)(H,30,32)(H,27,29,33)/t22-/m0/s1. The number of amides is 3. The van der Waals surface area contributed by atoms with Gasteiger partial charge >= 0.3 is 0 Å². The molecule has 3 N–H and O–H groups in total. The molecule has 2 aromatic heterocycles. The Hall–Kier alpha value is -3.27. The van der Waals surface area contributed by atoms with E-state index < -0.39 is 11.5 Å². The third-order valence-electron chi connectivity index (χ3n) is 7.78. The highest BCUT2D eigenvalue weighted by atomic mass is 16.5. The van der Waals surface area contributed by atoms with Gasteiger partial charge < -0.3 is 25.2 Å². The number of nitrogens with one attached hydrogen (secondary N) is 3. The Morgan fingerprint density at radius 1 is 1.17 bits per heavy atom. The quantitative estimate of drug-likeness (QED) is 0.558. The molecule has 10 nitrogen and oxygen atoms in total. The van der Waals surface area contributed by atoms with Crippen molar-refractivity contribution in [2.24, 2.45) is 5.92 Å². The molecule has 2 aromatic rings. The molecular weight excluding hydrogens is 462 g/mol. The lowest BCUT2D eigenvalue weighted by Gasteiger charge is -2.31. The van der Waals surface area contributed by atoms with Gasteiger partial charge in [0.1, 0.15) is 23.7 Å². The lowest BCUT2D eigenvalue weighted by molar-refractivity contribution is -0.124. The van der Waals surface area contributed by atoms with Crippen LogP contribution < -0.4 is 16.0 Å². The van der Waals surface area contributed by atoms with E-state index in [-0.39, 0.29) is 29.6 Å². The number of rotatable bonds is 6. The van der Waals surface area contributed by atoms with E-state index in [9.17, 15) is 14.4 Å². The van der Waals surface area contributed by atoms with Crippen LogP contribution in [0.2, 0.25) is 0 Å². The number of carbonyl (C=O) groups is 3. The minimum absolute atomic E-state index is 0.0105. The number of carbonyl (C=O) groups excluding carboxylic acids is 3. The predicted molar refractivity (Wildman–Crippen MR) is 132 cm³/mol. The summed E-state index contributed by atoms with van der Waals surface area (Å²) in [4.78, 5) is 43.9. The molecule has 4 heterocycles. The summed E-state index contributed by atoms with van der Waals surface area (Å²) in [6.07, 6.45) is 9.10. The van der Waals surface area contributed by atoms with Crippen molar-refractivity contribution in [3.8, 4) is 0 Å². The number of nitrogens with zero attached hydrogens (tertiary/aromatic N) is 2. The number of anilines is 2. The number of pyridine rings is 1. The second-order valence-electron chi connectivity index (χ2n) is 10.4. The summed E-state index contributed by atoms with van der Waals surface area (Å²) >= 11 is 0. The Morgan fingerprint density at radius 2 is 1.92 bits per heavy atom. The van der Waals surface area contributed by atoms with Crippen molar-refractivity contribution in [3.05, 3.63) is 35.3 Å². The summed E-state index contributed by atoms with van der Waals surface area (Å²) in [6.45, 7) is 4.92. The van der Waals surface area contributed by atoms with Crippen LogP contribution in [-0.2, 0) is 19.7 Å². The first-order valence-corrected chi connectivity index (χ1v) is 12.8. The maximum Gasteiger partial charge on any atom is 0.257 e. The van der Waals surface area contributed by atoms with Crippen LogP contribution >= 0.6 is 0 Å². The molecule has 5 rings (SSSR count). The van der Waals surface area contributed by atoms with E-state index in [0.717, 1.165) is 37.7 Å². The maximum atomic E-state index is 13.5. The number of ether oxygens (including phenoxy) is 1. The summed E-state index contributed by atoms with van der Waals surface area (Å²) < 4.78 is 10.5. The normalized spacial score (nSPS) is 20.1. The molecule has 0 unspecified atom stereocenters. The zero-order valence-electron chi connectivity index (χ0n) is 20.8. The number of fused-ring (bicyclic) bond motifs is 2. The number of hydrogen-bond donors (Lipinski definition) is 3. The summed E-state index contributed by atoms with van der Waals surface area (Å²) in [6, 6.07) is 0.977. The molecule has 10 heteroatoms. The van der Waals surface area contributed by atoms with Gasteiger partial charge in [0.2, 0.25) is 11.8 Å². The summed E-state index contributed by atoms with van der Waals surface area (Å²) in [7, 11) is 0. The highest BCUT2D eigenvalue weighted by Crippen LogP contribution is 2.44. The molecule has 36 heavy (non-hydrogen) atoms. The van der Waals surface area contributed by atoms with E-state index in [0.29, 0.717) is 48.8 Å². The van der Waals surface area contributed by atoms with Crippen LogP contribution in [0.1, 0.15) is 86.3 Å². The van der Waals surface area contributed by atoms with Gasteiger partial charge in [0, 0.05) is 31.0 Å². The van der Waals surface area contributed by atoms with Crippen LogP contribution in [0.25, 0.3) is 0 Å². The van der Waals surface area contributed by atoms with Crippen molar-refractivity contribution in [2.75, 3.05) is 23.8 Å². The van der Waals surface area contributed by atoms with Crippen molar-refractivity contribution >= 4 is 29.2 Å². The van der Waals surface area contributed by atoms with Gasteiger partial charge in [-0.05, 0) is 37.5 Å². The van der Waals surface area contributed by atoms with Crippen LogP contribution in [0, 0.1) is 5.92 Å². The summed E-state index contributed by atoms with van der Waals surface area (Å²) in [5, 5.41) is 12.7. The second-order valence-corrected chi connectivity index (χ2v) is 10.4. The molecule has 1 saturated carbocycles. The van der Waals surface area contributed by atoms with Crippen molar-refractivity contribution < 1.29 is 23.6 Å². The molecule has 3 amide bonds. The van der Waals surface area contributed by atoms with Crippen LogP contribution in [0.4, 0.5) is 11.5 Å². The maximum absolute atomic E-state index is 13.5. The lowest BCUT2D eigenvalue weighted by atomic mass is 9.76. The molecule has 1 aliphatic carbocycles. The van der Waals surface area contributed by atoms with Crippen LogP contribution in [0.3, 0.4) is 0 Å². The molecule has 2 aliphatic heterocycles. The molecular formula is C26H33N5O5. The Balaban J connectivity index is 1.35. The molecule has 2 fully saturated rings. The van der Waals surface area contributed by atoms with E-state index in [2.05, 4.69) is 26.1 Å². The van der Waals surface area contributed by atoms with Crippen molar-refractivity contribution in [1.29, 1.82) is 0 Å². The molecule has 1 spiro atoms. The average molecular weight is 496 g/mol. The third-order valence-corrected chi connectivity index (χ3v) is 7.78. The zero-order chi connectivity index (χ0) is 25.3. The molecule has 0 radical (unpaired) electrons. The molecule has 1 saturated heterocycles. The van der Waals surface area contributed by atoms with Crippen LogP contribution in [-0.4, -0.2) is 47.1 Å². The molecule has 0 bridgehead atoms. The van der Waals surface area contributed by atoms with Gasteiger partial charge in [-0.3, -0.25) is 14.4 Å². The van der Waals surface area contributed by atoms with E-state index in [1.807, 2.05) is 13.8 Å². The number of aromatic nitrogens is 2. The molecule has 192 valence electrons. The minimum atomic E-state index is -0.723. The monoisotopic (exact) mass is 495 g/mol. The Bertz CT molecular complexity index is 1150. The topological polar surface area (TPSA) is 135 Å².